The molecule has 2 fully saturated rings. The number of aryl methyl sites for hydroxylation is 1. The van der Waals surface area contributed by atoms with E-state index in [0.717, 1.165) is 103 Å². The molecule has 0 saturated heterocycles. The molecule has 2 saturated carbocycles. The van der Waals surface area contributed by atoms with Gasteiger partial charge in [0.15, 0.2) is 5.65 Å². The molecule has 0 aromatic carbocycles. The normalized spacial score (nSPS) is 24.7. The smallest absolute Gasteiger partial charge is 0.291 e. The molecule has 3 aliphatic carbocycles. The molecule has 11 heteroatoms. The summed E-state index contributed by atoms with van der Waals surface area (Å²) in [6.45, 7) is 1.84. The summed E-state index contributed by atoms with van der Waals surface area (Å²) >= 11 is 0. The highest BCUT2D eigenvalue weighted by molar-refractivity contribution is 5.90. The molecule has 4 heterocycles. The fraction of sp³-hybridized carbons (Fsp3) is 0.533. The first-order chi connectivity index (χ1) is 19.8. The molecule has 1 amide bonds. The summed E-state index contributed by atoms with van der Waals surface area (Å²) in [5.41, 5.74) is 12.6. The van der Waals surface area contributed by atoms with E-state index >= 15 is 0 Å². The predicted molar refractivity (Wildman–Crippen MR) is 153 cm³/mol. The van der Waals surface area contributed by atoms with Gasteiger partial charge in [0.05, 0.1) is 17.6 Å². The maximum absolute atomic E-state index is 13.1. The zero-order valence-electron chi connectivity index (χ0n) is 23.7. The van der Waals surface area contributed by atoms with E-state index in [4.69, 9.17) is 15.7 Å². The first-order valence-corrected chi connectivity index (χ1v) is 14.8. The Morgan fingerprint density at radius 3 is 2.78 bits per heavy atom. The first kappa shape index (κ1) is 26.1. The SMILES string of the molecule is CN(C(=O)c1nnc[nH]1)[C@@H]1CCCC[C@H](c2nc3c(-c4cnc5c(c4)CCCC5(C)O)cnn3c(N)c2C2CC2)C1. The Bertz CT molecular complexity index is 1610. The van der Waals surface area contributed by atoms with E-state index in [1.807, 2.05) is 31.3 Å². The molecule has 0 spiro atoms. The van der Waals surface area contributed by atoms with Crippen LogP contribution in [-0.4, -0.2) is 63.8 Å². The average Bonchev–Trinajstić information content (AvgIpc) is 3.55. The number of H-pyrrole nitrogens is 1. The van der Waals surface area contributed by atoms with Gasteiger partial charge in [0.25, 0.3) is 5.91 Å². The number of aliphatic hydroxyl groups is 1. The van der Waals surface area contributed by atoms with Gasteiger partial charge in [-0.1, -0.05) is 12.8 Å². The Hall–Kier alpha value is -3.86. The summed E-state index contributed by atoms with van der Waals surface area (Å²) in [7, 11) is 1.86. The van der Waals surface area contributed by atoms with E-state index in [9.17, 15) is 9.90 Å². The Balaban J connectivity index is 1.28. The van der Waals surface area contributed by atoms with E-state index in [0.29, 0.717) is 11.7 Å². The topological polar surface area (TPSA) is 151 Å². The van der Waals surface area contributed by atoms with Crippen molar-refractivity contribution >= 4 is 17.4 Å². The lowest BCUT2D eigenvalue weighted by molar-refractivity contribution is 0.0340. The van der Waals surface area contributed by atoms with Crippen LogP contribution in [0, 0.1) is 0 Å². The number of nitrogens with one attached hydrogen (secondary N) is 1. The lowest BCUT2D eigenvalue weighted by Gasteiger charge is -2.30. The average molecular weight is 556 g/mol. The monoisotopic (exact) mass is 555 g/mol. The Morgan fingerprint density at radius 2 is 2.00 bits per heavy atom. The van der Waals surface area contributed by atoms with Crippen LogP contribution in [0.4, 0.5) is 5.82 Å². The molecule has 7 rings (SSSR count). The van der Waals surface area contributed by atoms with Gasteiger partial charge in [0, 0.05) is 41.9 Å². The molecule has 11 nitrogen and oxygen atoms in total. The van der Waals surface area contributed by atoms with Crippen LogP contribution in [0.15, 0.2) is 24.8 Å². The van der Waals surface area contributed by atoms with E-state index in [1.165, 1.54) is 6.33 Å². The minimum absolute atomic E-state index is 0.0634. The van der Waals surface area contributed by atoms with Crippen LogP contribution in [0.25, 0.3) is 16.8 Å². The molecule has 0 bridgehead atoms. The molecule has 0 radical (unpaired) electrons. The third-order valence-corrected chi connectivity index (χ3v) is 9.40. The molecule has 214 valence electrons. The third-order valence-electron chi connectivity index (χ3n) is 9.40. The molecule has 41 heavy (non-hydrogen) atoms. The number of nitrogens with zero attached hydrogens (tertiary/aromatic N) is 7. The number of pyridine rings is 1. The molecular formula is C30H37N9O2. The highest BCUT2D eigenvalue weighted by Gasteiger charge is 2.37. The Labute approximate surface area is 238 Å². The van der Waals surface area contributed by atoms with Gasteiger partial charge in [-0.15, -0.1) is 10.2 Å². The number of carbonyl (C=O) groups excluding carboxylic acids is 1. The summed E-state index contributed by atoms with van der Waals surface area (Å²) < 4.78 is 1.79. The summed E-state index contributed by atoms with van der Waals surface area (Å²) in [6, 6.07) is 2.19. The van der Waals surface area contributed by atoms with Gasteiger partial charge in [0.2, 0.25) is 5.82 Å². The second kappa shape index (κ2) is 9.90. The minimum atomic E-state index is -0.903. The van der Waals surface area contributed by atoms with Crippen molar-refractivity contribution in [1.82, 2.24) is 39.7 Å². The maximum atomic E-state index is 13.1. The van der Waals surface area contributed by atoms with Crippen molar-refractivity contribution in [2.45, 2.75) is 94.6 Å². The van der Waals surface area contributed by atoms with Crippen LogP contribution in [0.5, 0.6) is 0 Å². The van der Waals surface area contributed by atoms with Gasteiger partial charge >= 0.3 is 0 Å². The quantitative estimate of drug-likeness (QED) is 0.311. The molecule has 3 atom stereocenters. The molecular weight excluding hydrogens is 518 g/mol. The Kier molecular flexibility index (Phi) is 6.29. The van der Waals surface area contributed by atoms with Gasteiger partial charge in [0.1, 0.15) is 17.7 Å². The largest absolute Gasteiger partial charge is 0.384 e. The molecule has 1 unspecified atom stereocenters. The fourth-order valence-electron chi connectivity index (χ4n) is 7.00. The maximum Gasteiger partial charge on any atom is 0.291 e. The number of hydrogen-bond acceptors (Lipinski definition) is 8. The van der Waals surface area contributed by atoms with Crippen molar-refractivity contribution in [1.29, 1.82) is 0 Å². The highest BCUT2D eigenvalue weighted by Crippen LogP contribution is 2.48. The Morgan fingerprint density at radius 1 is 1.17 bits per heavy atom. The second-order valence-corrected chi connectivity index (χ2v) is 12.3. The van der Waals surface area contributed by atoms with Gasteiger partial charge in [-0.3, -0.25) is 9.78 Å². The second-order valence-electron chi connectivity index (χ2n) is 12.3. The van der Waals surface area contributed by atoms with Gasteiger partial charge in [-0.05, 0) is 75.8 Å². The van der Waals surface area contributed by atoms with E-state index < -0.39 is 5.60 Å². The zero-order valence-corrected chi connectivity index (χ0v) is 23.7. The number of rotatable bonds is 5. The zero-order chi connectivity index (χ0) is 28.3. The van der Waals surface area contributed by atoms with Crippen molar-refractivity contribution in [3.63, 3.8) is 0 Å². The van der Waals surface area contributed by atoms with Crippen LogP contribution in [-0.2, 0) is 12.0 Å². The lowest BCUT2D eigenvalue weighted by atomic mass is 9.83. The van der Waals surface area contributed by atoms with E-state index in [1.54, 1.807) is 4.52 Å². The number of aromatic nitrogens is 7. The lowest BCUT2D eigenvalue weighted by Crippen LogP contribution is -2.38. The summed E-state index contributed by atoms with van der Waals surface area (Å²) in [5.74, 6) is 1.36. The standard InChI is InChI=1S/C30H37N9O2/c1-30(41)11-5-7-19-12-20(14-32-25(19)30)22-15-35-39-26(31)23(17-9-10-17)24(36-28(22)39)18-6-3-4-8-21(13-18)38(2)29(40)27-33-16-34-37-27/h12,14-18,21,41H,3-11,13,31H2,1-2H3,(H,33,34,37)/t18-,21+,30?/m0/s1. The number of nitrogen functional groups attached to an aromatic ring is 1. The van der Waals surface area contributed by atoms with Crippen LogP contribution in [0.1, 0.15) is 110 Å². The van der Waals surface area contributed by atoms with Crippen LogP contribution in [0.2, 0.25) is 0 Å². The van der Waals surface area contributed by atoms with Crippen molar-refractivity contribution < 1.29 is 9.90 Å². The number of hydrogen-bond donors (Lipinski definition) is 3. The minimum Gasteiger partial charge on any atom is -0.384 e. The van der Waals surface area contributed by atoms with Gasteiger partial charge in [-0.25, -0.2) is 4.98 Å². The van der Waals surface area contributed by atoms with Crippen molar-refractivity contribution in [3.8, 4) is 11.1 Å². The molecule has 0 aliphatic heterocycles. The third kappa shape index (κ3) is 4.56. The molecule has 3 aliphatic rings. The van der Waals surface area contributed by atoms with Crippen LogP contribution in [0.3, 0.4) is 0 Å². The van der Waals surface area contributed by atoms with E-state index in [2.05, 4.69) is 26.3 Å². The van der Waals surface area contributed by atoms with Crippen LogP contribution >= 0.6 is 0 Å². The first-order valence-electron chi connectivity index (χ1n) is 14.8. The summed E-state index contributed by atoms with van der Waals surface area (Å²) in [5, 5.41) is 23.3. The van der Waals surface area contributed by atoms with Crippen molar-refractivity contribution in [3.05, 3.63) is 53.1 Å². The number of aromatic amines is 1. The summed E-state index contributed by atoms with van der Waals surface area (Å²) in [4.78, 5) is 27.8. The number of fused-ring (bicyclic) bond motifs is 2. The van der Waals surface area contributed by atoms with Crippen molar-refractivity contribution in [2.75, 3.05) is 12.8 Å². The highest BCUT2D eigenvalue weighted by atomic mass is 16.3. The molecule has 4 aromatic heterocycles. The van der Waals surface area contributed by atoms with E-state index in [-0.39, 0.29) is 23.7 Å². The predicted octanol–water partition coefficient (Wildman–Crippen LogP) is 4.10. The van der Waals surface area contributed by atoms with Gasteiger partial charge in [-0.2, -0.15) is 9.61 Å². The number of anilines is 1. The van der Waals surface area contributed by atoms with Crippen molar-refractivity contribution in [2.24, 2.45) is 0 Å². The number of amides is 1. The molecule has 4 aromatic rings. The van der Waals surface area contributed by atoms with Gasteiger partial charge < -0.3 is 20.7 Å². The number of nitrogens with two attached hydrogens (primary N) is 1. The fourth-order valence-corrected chi connectivity index (χ4v) is 7.00. The molecule has 4 N–H and O–H groups in total. The summed E-state index contributed by atoms with van der Waals surface area (Å²) in [6.07, 6.45) is 14.7. The van der Waals surface area contributed by atoms with Crippen LogP contribution < -0.4 is 5.73 Å². The number of carbonyl (C=O) groups is 1.